The van der Waals surface area contributed by atoms with Crippen LogP contribution in [0, 0.1) is 17.8 Å². The number of halogens is 2. The summed E-state index contributed by atoms with van der Waals surface area (Å²) in [5.41, 5.74) is 0. The zero-order chi connectivity index (χ0) is 72.8. The highest BCUT2D eigenvalue weighted by Gasteiger charge is 2.15. The summed E-state index contributed by atoms with van der Waals surface area (Å²) < 4.78 is 23.9. The van der Waals surface area contributed by atoms with Gasteiger partial charge >= 0.3 is 11.9 Å². The van der Waals surface area contributed by atoms with Crippen LogP contribution in [0.15, 0.2) is 0 Å². The third-order valence-corrected chi connectivity index (χ3v) is 20.1. The van der Waals surface area contributed by atoms with E-state index >= 15 is 0 Å². The van der Waals surface area contributed by atoms with Crippen molar-refractivity contribution in [3.05, 3.63) is 0 Å². The first-order chi connectivity index (χ1) is 47.6. The summed E-state index contributed by atoms with van der Waals surface area (Å²) in [5, 5.41) is 8.51. The number of carbonyl (C=O) groups is 4. The van der Waals surface area contributed by atoms with E-state index in [1.165, 1.54) is 244 Å². The maximum absolute atomic E-state index is 12.4. The fourth-order valence-corrected chi connectivity index (χ4v) is 13.5. The average Bonchev–Trinajstić information content (AvgIpc) is 3.76. The van der Waals surface area contributed by atoms with Crippen molar-refractivity contribution >= 4 is 45.6 Å². The molecule has 586 valence electrons. The Morgan fingerprint density at radius 2 is 0.531 bits per heavy atom. The zero-order valence-corrected chi connectivity index (χ0v) is 68.4. The Balaban J connectivity index is -0.00000173. The number of nitrogens with zero attached hydrogens (tertiary/aromatic N) is 2. The summed E-state index contributed by atoms with van der Waals surface area (Å²) in [6, 6.07) is 0. The summed E-state index contributed by atoms with van der Waals surface area (Å²) in [4.78, 5) is 50.7. The third kappa shape index (κ3) is 83.6. The van der Waals surface area contributed by atoms with E-state index in [9.17, 15) is 19.2 Å². The number of carbonyl (C=O) groups excluding carboxylic acids is 4. The zero-order valence-electron chi connectivity index (χ0n) is 66.9. The second-order valence-electron chi connectivity index (χ2n) is 30.0. The van der Waals surface area contributed by atoms with E-state index in [0.717, 1.165) is 141 Å². The van der Waals surface area contributed by atoms with Crippen molar-refractivity contribution in [2.24, 2.45) is 17.8 Å². The molecule has 0 aliphatic carbocycles. The summed E-state index contributed by atoms with van der Waals surface area (Å²) in [7, 11) is 8.49. The molecule has 0 aromatic carbocycles. The van der Waals surface area contributed by atoms with E-state index in [4.69, 9.17) is 47.3 Å². The molecule has 98 heavy (non-hydrogen) atoms. The summed E-state index contributed by atoms with van der Waals surface area (Å²) in [6.07, 6.45) is 68.8. The first-order valence-corrected chi connectivity index (χ1v) is 43.2. The number of hydrogen-bond donors (Lipinski definition) is 1. The van der Waals surface area contributed by atoms with Crippen LogP contribution in [0.5, 0.6) is 0 Å². The largest absolute Gasteiger partial charge is 0.466 e. The van der Waals surface area contributed by atoms with Crippen molar-refractivity contribution in [3.8, 4) is 0 Å². The van der Waals surface area contributed by atoms with Crippen molar-refractivity contribution in [1.29, 1.82) is 0 Å². The molecule has 0 rings (SSSR count). The van der Waals surface area contributed by atoms with E-state index < -0.39 is 0 Å². The van der Waals surface area contributed by atoms with Gasteiger partial charge in [0, 0.05) is 45.5 Å². The van der Waals surface area contributed by atoms with Gasteiger partial charge in [-0.05, 0) is 179 Å². The molecule has 0 aliphatic heterocycles. The van der Waals surface area contributed by atoms with E-state index in [1.807, 2.05) is 0 Å². The maximum Gasteiger partial charge on any atom is 0.305 e. The molecule has 0 amide bonds. The van der Waals surface area contributed by atoms with Crippen LogP contribution in [0.4, 0.5) is 0 Å². The minimum absolute atomic E-state index is 0.00165. The van der Waals surface area contributed by atoms with Gasteiger partial charge in [-0.1, -0.05) is 298 Å². The quantitative estimate of drug-likeness (QED) is 0.0355. The Hall–Kier alpha value is -1.34. The number of aliphatic hydroxyl groups excluding tert-OH is 1. The van der Waals surface area contributed by atoms with Crippen LogP contribution >= 0.6 is 23.2 Å². The fourth-order valence-electron chi connectivity index (χ4n) is 13.3. The van der Waals surface area contributed by atoms with Crippen LogP contribution in [-0.2, 0) is 38.1 Å². The Morgan fingerprint density at radius 3 is 0.786 bits per heavy atom. The number of hydrogen-bond acceptors (Lipinski definition) is 11. The lowest BCUT2D eigenvalue weighted by atomic mass is 9.92. The monoisotopic (exact) mass is 1430 g/mol. The van der Waals surface area contributed by atoms with Gasteiger partial charge in [-0.25, -0.2) is 0 Å². The Morgan fingerprint density at radius 1 is 0.286 bits per heavy atom. The van der Waals surface area contributed by atoms with E-state index in [0.29, 0.717) is 69.5 Å². The van der Waals surface area contributed by atoms with Gasteiger partial charge in [-0.2, -0.15) is 0 Å². The van der Waals surface area contributed by atoms with Gasteiger partial charge in [0.15, 0.2) is 0 Å². The number of rotatable bonds is 76. The van der Waals surface area contributed by atoms with E-state index in [-0.39, 0.29) is 22.4 Å². The molecule has 11 nitrogen and oxygen atoms in total. The van der Waals surface area contributed by atoms with Crippen LogP contribution < -0.4 is 0 Å². The highest BCUT2D eigenvalue weighted by Crippen LogP contribution is 2.25. The number of aliphatic hydroxyl groups is 1. The van der Waals surface area contributed by atoms with Gasteiger partial charge in [0.05, 0.1) is 25.4 Å². The molecule has 0 aliphatic rings. The Kier molecular flexibility index (Phi) is 85.3. The highest BCUT2D eigenvalue weighted by molar-refractivity contribution is 6.63. The predicted octanol–water partition coefficient (Wildman–Crippen LogP) is 25.4. The lowest BCUT2D eigenvalue weighted by Crippen LogP contribution is -2.16. The van der Waals surface area contributed by atoms with E-state index in [2.05, 4.69) is 79.5 Å². The van der Waals surface area contributed by atoms with Gasteiger partial charge < -0.3 is 33.9 Å². The van der Waals surface area contributed by atoms with E-state index in [1.54, 1.807) is 0 Å². The second kappa shape index (κ2) is 82.9. The van der Waals surface area contributed by atoms with Crippen LogP contribution in [0.25, 0.3) is 0 Å². The molecule has 0 radical (unpaired) electrons. The molecule has 0 saturated heterocycles. The summed E-state index contributed by atoms with van der Waals surface area (Å²) >= 11 is 10.7. The van der Waals surface area contributed by atoms with Crippen LogP contribution in [0.2, 0.25) is 0 Å². The number of esters is 2. The molecule has 0 unspecified atom stereocenters. The van der Waals surface area contributed by atoms with Crippen molar-refractivity contribution in [2.75, 3.05) is 74.3 Å². The van der Waals surface area contributed by atoms with Crippen molar-refractivity contribution in [1.82, 2.24) is 9.80 Å². The second-order valence-corrected chi connectivity index (χ2v) is 30.9. The molecule has 1 N–H and O–H groups in total. The standard InChI is InChI=1S/C49H97NO5.C23H43Cl2NO3.C13H28O/c1-7-11-21-31-45(32-22-12-8-2)39-43-54-48(51)37-27-19-15-17-25-35-47(53-42-30-29-41-50(5)6)36-26-18-16-20-28-38-49(52)55-44-40-46(33-23-13-9-3)34-24-14-10-4;1-26(2)19-13-14-20-29-21(15-9-5-3-7-11-17-22(24)27)16-10-6-4-8-12-18-23(25)28;1-3-5-7-9-13(11-12-14)10-8-6-4-2/h45-47H,7-44H2,1-6H3;21H,3-20H2,1-2H3;13-14H,3-12H2,1-2H3. The van der Waals surface area contributed by atoms with Crippen molar-refractivity contribution < 1.29 is 43.2 Å². The Labute approximate surface area is 619 Å². The van der Waals surface area contributed by atoms with Gasteiger partial charge in [0.2, 0.25) is 10.5 Å². The SMILES string of the molecule is CCCCCC(CCCCC)CCOC(=O)CCCCCCCC(CCCCCCCC(=O)OCCC(CCCCC)CCCCC)OCCCCN(C)C.CCCCCC(CCO)CCCCC.CN(C)CCCCOC(CCCCCCCC(=O)Cl)CCCCCCCC(=O)Cl. The molecule has 0 aromatic rings. The Bertz CT molecular complexity index is 1510. The van der Waals surface area contributed by atoms with Gasteiger partial charge in [0.1, 0.15) is 0 Å². The smallest absolute Gasteiger partial charge is 0.305 e. The summed E-state index contributed by atoms with van der Waals surface area (Å²) in [5.74, 6) is 2.22. The minimum Gasteiger partial charge on any atom is -0.466 e. The first-order valence-electron chi connectivity index (χ1n) is 42.4. The van der Waals surface area contributed by atoms with Gasteiger partial charge in [-0.15, -0.1) is 0 Å². The third-order valence-electron chi connectivity index (χ3n) is 19.7. The van der Waals surface area contributed by atoms with Crippen molar-refractivity contribution in [2.45, 2.75) is 433 Å². The molecular weight excluding hydrogens is 1260 g/mol. The minimum atomic E-state index is -0.220. The van der Waals surface area contributed by atoms with Gasteiger partial charge in [-0.3, -0.25) is 19.2 Å². The fraction of sp³-hybridized carbons (Fsp3) is 0.953. The molecule has 13 heteroatoms. The van der Waals surface area contributed by atoms with Crippen LogP contribution in [-0.4, -0.2) is 124 Å². The molecule has 0 aromatic heterocycles. The van der Waals surface area contributed by atoms with Crippen LogP contribution in [0.3, 0.4) is 0 Å². The normalized spacial score (nSPS) is 11.6. The number of ether oxygens (including phenoxy) is 4. The predicted molar refractivity (Wildman–Crippen MR) is 424 cm³/mol. The lowest BCUT2D eigenvalue weighted by Gasteiger charge is -2.18. The molecule has 0 spiro atoms. The highest BCUT2D eigenvalue weighted by atomic mass is 35.5. The van der Waals surface area contributed by atoms with Crippen LogP contribution in [0.1, 0.15) is 420 Å². The molecule has 0 heterocycles. The molecule has 0 atom stereocenters. The topological polar surface area (TPSA) is 132 Å². The first kappa shape index (κ1) is 101. The molecular formula is C85H168Cl2N2O9. The maximum atomic E-state index is 12.4. The summed E-state index contributed by atoms with van der Waals surface area (Å²) in [6.45, 7) is 19.1. The van der Waals surface area contributed by atoms with Gasteiger partial charge in [0.25, 0.3) is 0 Å². The molecule has 0 bridgehead atoms. The molecule has 0 fully saturated rings. The molecule has 0 saturated carbocycles. The van der Waals surface area contributed by atoms with Crippen molar-refractivity contribution in [3.63, 3.8) is 0 Å². The average molecular weight is 1430 g/mol. The number of unbranched alkanes of at least 4 members (excludes halogenated alkanes) is 30. The lowest BCUT2D eigenvalue weighted by molar-refractivity contribution is -0.145.